The van der Waals surface area contributed by atoms with Crippen LogP contribution in [-0.4, -0.2) is 5.88 Å². The predicted molar refractivity (Wildman–Crippen MR) is 75.0 cm³/mol. The lowest BCUT2D eigenvalue weighted by Crippen LogP contribution is -2.07. The van der Waals surface area contributed by atoms with Crippen LogP contribution in [0.15, 0.2) is 42.5 Å². The number of hydrogen-bond donors (Lipinski definition) is 0. The number of rotatable bonds is 4. The molecule has 0 radical (unpaired) electrons. The highest BCUT2D eigenvalue weighted by Gasteiger charge is 2.17. The van der Waals surface area contributed by atoms with Gasteiger partial charge in [0.15, 0.2) is 0 Å². The average Bonchev–Trinajstić information content (AvgIpc) is 2.41. The smallest absolute Gasteiger partial charge is 0.126 e. The highest BCUT2D eigenvalue weighted by molar-refractivity contribution is 6.31. The topological polar surface area (TPSA) is 0 Å². The number of halogens is 4. The van der Waals surface area contributed by atoms with E-state index in [9.17, 15) is 8.78 Å². The molecule has 0 N–H and O–H groups in total. The number of alkyl halides is 1. The zero-order chi connectivity index (χ0) is 13.8. The number of hydrogen-bond acceptors (Lipinski definition) is 0. The van der Waals surface area contributed by atoms with E-state index in [2.05, 4.69) is 0 Å². The summed E-state index contributed by atoms with van der Waals surface area (Å²) in [5.41, 5.74) is 1.16. The fourth-order valence-corrected chi connectivity index (χ4v) is 2.49. The third-order valence-corrected chi connectivity index (χ3v) is 3.75. The molecule has 0 aliphatic rings. The zero-order valence-corrected chi connectivity index (χ0v) is 11.6. The first-order valence-corrected chi connectivity index (χ1v) is 6.77. The molecule has 0 amide bonds. The van der Waals surface area contributed by atoms with Gasteiger partial charge >= 0.3 is 0 Å². The van der Waals surface area contributed by atoms with Gasteiger partial charge in [-0.2, -0.15) is 0 Å². The average molecular weight is 301 g/mol. The lowest BCUT2D eigenvalue weighted by molar-refractivity contribution is 0.587. The standard InChI is InChI=1S/C15H12Cl2F2/c16-9-11(13-3-1-2-4-15(13)19)7-10-8-12(18)5-6-14(10)17/h1-6,8,11H,7,9H2. The van der Waals surface area contributed by atoms with E-state index in [1.807, 2.05) is 0 Å². The van der Waals surface area contributed by atoms with E-state index in [-0.39, 0.29) is 23.4 Å². The van der Waals surface area contributed by atoms with Gasteiger partial charge in [0, 0.05) is 16.8 Å². The molecular formula is C15H12Cl2F2. The molecule has 0 bridgehead atoms. The maximum absolute atomic E-state index is 13.7. The van der Waals surface area contributed by atoms with Crippen LogP contribution >= 0.6 is 23.2 Å². The van der Waals surface area contributed by atoms with Crippen molar-refractivity contribution in [3.05, 3.63) is 70.2 Å². The Labute approximate surface area is 121 Å². The minimum atomic E-state index is -0.360. The van der Waals surface area contributed by atoms with Gasteiger partial charge in [-0.3, -0.25) is 0 Å². The summed E-state index contributed by atoms with van der Waals surface area (Å²) in [7, 11) is 0. The Kier molecular flexibility index (Phi) is 4.78. The van der Waals surface area contributed by atoms with Crippen LogP contribution in [0.25, 0.3) is 0 Å². The van der Waals surface area contributed by atoms with E-state index >= 15 is 0 Å². The summed E-state index contributed by atoms with van der Waals surface area (Å²) in [4.78, 5) is 0. The second-order valence-electron chi connectivity index (χ2n) is 4.31. The van der Waals surface area contributed by atoms with E-state index in [1.54, 1.807) is 18.2 Å². The molecule has 0 heterocycles. The monoisotopic (exact) mass is 300 g/mol. The Morgan fingerprint density at radius 1 is 1.05 bits per heavy atom. The highest BCUT2D eigenvalue weighted by atomic mass is 35.5. The summed E-state index contributed by atoms with van der Waals surface area (Å²) in [6.45, 7) is 0. The van der Waals surface area contributed by atoms with E-state index in [0.29, 0.717) is 22.6 Å². The predicted octanol–water partition coefficient (Wildman–Crippen LogP) is 5.18. The summed E-state index contributed by atoms with van der Waals surface area (Å²) in [6.07, 6.45) is 0.404. The van der Waals surface area contributed by atoms with Crippen molar-refractivity contribution in [1.82, 2.24) is 0 Å². The molecule has 19 heavy (non-hydrogen) atoms. The van der Waals surface area contributed by atoms with Crippen molar-refractivity contribution >= 4 is 23.2 Å². The molecule has 1 unspecified atom stereocenters. The van der Waals surface area contributed by atoms with Gasteiger partial charge in [-0.1, -0.05) is 29.8 Å². The molecule has 0 aromatic heterocycles. The molecule has 0 saturated heterocycles. The van der Waals surface area contributed by atoms with Gasteiger partial charge in [0.1, 0.15) is 11.6 Å². The molecule has 2 aromatic rings. The minimum Gasteiger partial charge on any atom is -0.207 e. The van der Waals surface area contributed by atoms with Gasteiger partial charge < -0.3 is 0 Å². The first-order valence-electron chi connectivity index (χ1n) is 5.86. The molecule has 0 spiro atoms. The van der Waals surface area contributed by atoms with Gasteiger partial charge in [-0.05, 0) is 41.8 Å². The highest BCUT2D eigenvalue weighted by Crippen LogP contribution is 2.28. The van der Waals surface area contributed by atoms with E-state index < -0.39 is 0 Å². The second-order valence-corrected chi connectivity index (χ2v) is 5.03. The van der Waals surface area contributed by atoms with Crippen LogP contribution in [-0.2, 0) is 6.42 Å². The largest absolute Gasteiger partial charge is 0.207 e. The molecule has 4 heteroatoms. The van der Waals surface area contributed by atoms with Crippen LogP contribution in [0, 0.1) is 11.6 Å². The maximum Gasteiger partial charge on any atom is 0.126 e. The van der Waals surface area contributed by atoms with Crippen molar-refractivity contribution in [3.63, 3.8) is 0 Å². The lowest BCUT2D eigenvalue weighted by Gasteiger charge is -2.16. The van der Waals surface area contributed by atoms with Crippen LogP contribution in [0.4, 0.5) is 8.78 Å². The van der Waals surface area contributed by atoms with Crippen molar-refractivity contribution in [3.8, 4) is 0 Å². The fraction of sp³-hybridized carbons (Fsp3) is 0.200. The maximum atomic E-state index is 13.7. The van der Waals surface area contributed by atoms with Crippen molar-refractivity contribution < 1.29 is 8.78 Å². The Morgan fingerprint density at radius 2 is 1.79 bits per heavy atom. The van der Waals surface area contributed by atoms with Crippen molar-refractivity contribution in [2.24, 2.45) is 0 Å². The van der Waals surface area contributed by atoms with E-state index in [0.717, 1.165) is 0 Å². The molecule has 0 aliphatic heterocycles. The summed E-state index contributed by atoms with van der Waals surface area (Å²) in [6, 6.07) is 10.6. The van der Waals surface area contributed by atoms with Gasteiger partial charge in [0.2, 0.25) is 0 Å². The first kappa shape index (κ1) is 14.3. The summed E-state index contributed by atoms with van der Waals surface area (Å²) < 4.78 is 27.0. The zero-order valence-electron chi connectivity index (χ0n) is 10.0. The van der Waals surface area contributed by atoms with Crippen LogP contribution in [0.2, 0.25) is 5.02 Å². The summed E-state index contributed by atoms with van der Waals surface area (Å²) >= 11 is 11.9. The molecule has 0 saturated carbocycles. The van der Waals surface area contributed by atoms with Crippen molar-refractivity contribution in [2.75, 3.05) is 5.88 Å². The first-order chi connectivity index (χ1) is 9.11. The van der Waals surface area contributed by atoms with Gasteiger partial charge in [-0.15, -0.1) is 11.6 Å². The molecule has 100 valence electrons. The van der Waals surface area contributed by atoms with Crippen molar-refractivity contribution in [2.45, 2.75) is 12.3 Å². The third-order valence-electron chi connectivity index (χ3n) is 3.01. The molecule has 0 aliphatic carbocycles. The van der Waals surface area contributed by atoms with Crippen LogP contribution < -0.4 is 0 Å². The minimum absolute atomic E-state index is 0.234. The molecule has 0 nitrogen and oxygen atoms in total. The van der Waals surface area contributed by atoms with E-state index in [4.69, 9.17) is 23.2 Å². The Hall–Kier alpha value is -1.12. The van der Waals surface area contributed by atoms with Gasteiger partial charge in [0.25, 0.3) is 0 Å². The Balaban J connectivity index is 2.29. The van der Waals surface area contributed by atoms with E-state index in [1.165, 1.54) is 24.3 Å². The Bertz CT molecular complexity index is 570. The third kappa shape index (κ3) is 3.46. The summed E-state index contributed by atoms with van der Waals surface area (Å²) in [5, 5.41) is 0.466. The number of benzene rings is 2. The van der Waals surface area contributed by atoms with Crippen LogP contribution in [0.3, 0.4) is 0 Å². The summed E-state index contributed by atoms with van der Waals surface area (Å²) in [5.74, 6) is -0.655. The second kappa shape index (κ2) is 6.36. The molecule has 0 fully saturated rings. The van der Waals surface area contributed by atoms with Gasteiger partial charge in [0.05, 0.1) is 0 Å². The molecule has 2 aromatic carbocycles. The van der Waals surface area contributed by atoms with Crippen molar-refractivity contribution in [1.29, 1.82) is 0 Å². The fourth-order valence-electron chi connectivity index (χ4n) is 2.02. The van der Waals surface area contributed by atoms with Gasteiger partial charge in [-0.25, -0.2) is 8.78 Å². The molecule has 2 rings (SSSR count). The lowest BCUT2D eigenvalue weighted by atomic mass is 9.93. The quantitative estimate of drug-likeness (QED) is 0.682. The molecule has 1 atom stereocenters. The SMILES string of the molecule is Fc1ccc(Cl)c(CC(CCl)c2ccccc2F)c1. The Morgan fingerprint density at radius 3 is 2.47 bits per heavy atom. The normalized spacial score (nSPS) is 12.4. The molecular weight excluding hydrogens is 289 g/mol. The van der Waals surface area contributed by atoms with Crippen LogP contribution in [0.1, 0.15) is 17.0 Å². The van der Waals surface area contributed by atoms with Crippen LogP contribution in [0.5, 0.6) is 0 Å².